The number of amides is 2. The van der Waals surface area contributed by atoms with Crippen LogP contribution in [0.15, 0.2) is 0 Å². The van der Waals surface area contributed by atoms with Crippen LogP contribution < -0.4 is 10.6 Å². The Hall–Kier alpha value is -1.94. The minimum Gasteiger partial charge on any atom is -0.356 e. The summed E-state index contributed by atoms with van der Waals surface area (Å²) < 4.78 is 0. The molecule has 4 nitrogen and oxygen atoms in total. The Morgan fingerprint density at radius 2 is 0.692 bits per heavy atom. The molecular weight excluding hydrogens is 637 g/mol. The topological polar surface area (TPSA) is 58.2 Å². The van der Waals surface area contributed by atoms with Crippen LogP contribution >= 0.6 is 0 Å². The zero-order valence-corrected chi connectivity index (χ0v) is 35.8. The van der Waals surface area contributed by atoms with Gasteiger partial charge in [-0.25, -0.2) is 0 Å². The number of carbonyl (C=O) groups is 2. The van der Waals surface area contributed by atoms with E-state index in [0.717, 1.165) is 63.5 Å². The smallest absolute Gasteiger partial charge is 0.219 e. The quantitative estimate of drug-likeness (QED) is 0.0499. The van der Waals surface area contributed by atoms with Gasteiger partial charge in [-0.15, -0.1) is 0 Å². The van der Waals surface area contributed by atoms with E-state index in [1.165, 1.54) is 141 Å². The summed E-state index contributed by atoms with van der Waals surface area (Å²) in [4.78, 5) is 24.2. The second kappa shape index (κ2) is 38.8. The molecule has 0 aromatic heterocycles. The molecule has 0 heterocycles. The van der Waals surface area contributed by atoms with Gasteiger partial charge >= 0.3 is 0 Å². The molecule has 0 bridgehead atoms. The van der Waals surface area contributed by atoms with Crippen LogP contribution in [0.4, 0.5) is 0 Å². The van der Waals surface area contributed by atoms with Gasteiger partial charge in [0.2, 0.25) is 11.8 Å². The lowest BCUT2D eigenvalue weighted by Gasteiger charge is -2.13. The standard InChI is InChI=1S/C48H88N2O2/c1-43(2)33-31-35-45(5)39-41-49-47(51)37-29-27-25-23-21-19-17-15-13-11-9-7-8-10-12-14-16-18-20-22-24-26-28-30-38-48(52)50-42-40-46(6)36-32-34-44(3)4/h43-46H,11-42H2,1-6H3,(H,49,51)(H,50,52). The molecule has 0 saturated heterocycles. The lowest BCUT2D eigenvalue weighted by atomic mass is 9.97. The molecule has 2 N–H and O–H groups in total. The van der Waals surface area contributed by atoms with Crippen molar-refractivity contribution in [1.29, 1.82) is 0 Å². The Morgan fingerprint density at radius 3 is 1.02 bits per heavy atom. The minimum absolute atomic E-state index is 0.241. The SMILES string of the molecule is CC(C)CCCC(C)CCNC(=O)CCCCCCCCCCCC#CC#CCCCCCCCCCCCC(=O)NCCC(C)CCCC(C)C. The van der Waals surface area contributed by atoms with Crippen molar-refractivity contribution >= 4 is 11.8 Å². The molecule has 0 rings (SSSR count). The van der Waals surface area contributed by atoms with E-state index in [1.54, 1.807) is 0 Å². The Bertz CT molecular complexity index is 858. The lowest BCUT2D eigenvalue weighted by Crippen LogP contribution is -2.25. The molecule has 0 saturated carbocycles. The molecule has 0 radical (unpaired) electrons. The molecule has 2 atom stereocenters. The van der Waals surface area contributed by atoms with E-state index in [2.05, 4.69) is 75.9 Å². The highest BCUT2D eigenvalue weighted by Gasteiger charge is 2.07. The van der Waals surface area contributed by atoms with Gasteiger partial charge in [-0.3, -0.25) is 9.59 Å². The summed E-state index contributed by atoms with van der Waals surface area (Å²) in [7, 11) is 0. The fourth-order valence-electron chi connectivity index (χ4n) is 6.82. The van der Waals surface area contributed by atoms with Crippen molar-refractivity contribution in [1.82, 2.24) is 10.6 Å². The monoisotopic (exact) mass is 725 g/mol. The summed E-state index contributed by atoms with van der Waals surface area (Å²) in [5, 5.41) is 6.26. The largest absolute Gasteiger partial charge is 0.356 e. The number of nitrogens with one attached hydrogen (secondary N) is 2. The Morgan fingerprint density at radius 1 is 0.385 bits per heavy atom. The van der Waals surface area contributed by atoms with Gasteiger partial charge in [0, 0.05) is 38.8 Å². The van der Waals surface area contributed by atoms with Gasteiger partial charge in [0.25, 0.3) is 0 Å². The van der Waals surface area contributed by atoms with Gasteiger partial charge in [0.15, 0.2) is 0 Å². The molecule has 4 heteroatoms. The summed E-state index contributed by atoms with van der Waals surface area (Å²) in [5.74, 6) is 16.1. The van der Waals surface area contributed by atoms with E-state index in [4.69, 9.17) is 0 Å². The molecule has 0 aliphatic carbocycles. The maximum absolute atomic E-state index is 12.1. The number of rotatable bonds is 36. The summed E-state index contributed by atoms with van der Waals surface area (Å²) >= 11 is 0. The van der Waals surface area contributed by atoms with Gasteiger partial charge in [-0.2, -0.15) is 0 Å². The number of unbranched alkanes of at least 4 members (excludes halogenated alkanes) is 18. The molecule has 2 amide bonds. The Balaban J connectivity index is 3.39. The fourth-order valence-corrected chi connectivity index (χ4v) is 6.82. The van der Waals surface area contributed by atoms with Crippen molar-refractivity contribution in [3.8, 4) is 23.7 Å². The molecular formula is C48H88N2O2. The molecule has 2 unspecified atom stereocenters. The van der Waals surface area contributed by atoms with E-state index in [0.29, 0.717) is 24.7 Å². The molecule has 0 spiro atoms. The predicted octanol–water partition coefficient (Wildman–Crippen LogP) is 13.5. The predicted molar refractivity (Wildman–Crippen MR) is 228 cm³/mol. The van der Waals surface area contributed by atoms with Gasteiger partial charge in [0.1, 0.15) is 0 Å². The van der Waals surface area contributed by atoms with Crippen molar-refractivity contribution in [2.24, 2.45) is 23.7 Å². The average Bonchev–Trinajstić information content (AvgIpc) is 3.09. The van der Waals surface area contributed by atoms with Crippen LogP contribution in [-0.4, -0.2) is 24.9 Å². The summed E-state index contributed by atoms with van der Waals surface area (Å²) in [6.07, 6.45) is 35.7. The van der Waals surface area contributed by atoms with Crippen LogP contribution in [0.3, 0.4) is 0 Å². The first-order valence-corrected chi connectivity index (χ1v) is 22.7. The average molecular weight is 725 g/mol. The molecule has 0 fully saturated rings. The fraction of sp³-hybridized carbons (Fsp3) is 0.875. The van der Waals surface area contributed by atoms with E-state index in [-0.39, 0.29) is 11.8 Å². The zero-order valence-electron chi connectivity index (χ0n) is 35.8. The molecule has 302 valence electrons. The third-order valence-electron chi connectivity index (χ3n) is 10.5. The molecule has 0 aliphatic rings. The third kappa shape index (κ3) is 40.8. The molecule has 52 heavy (non-hydrogen) atoms. The Labute approximate surface area is 325 Å². The minimum atomic E-state index is 0.241. The summed E-state index contributed by atoms with van der Waals surface area (Å²) in [6.45, 7) is 15.5. The molecule has 0 aromatic rings. The molecule has 0 aromatic carbocycles. The van der Waals surface area contributed by atoms with Crippen molar-refractivity contribution in [3.63, 3.8) is 0 Å². The van der Waals surface area contributed by atoms with Gasteiger partial charge in [-0.1, -0.05) is 182 Å². The highest BCUT2D eigenvalue weighted by molar-refractivity contribution is 5.76. The van der Waals surface area contributed by atoms with Crippen molar-refractivity contribution < 1.29 is 9.59 Å². The van der Waals surface area contributed by atoms with Crippen LogP contribution in [0.25, 0.3) is 0 Å². The summed E-state index contributed by atoms with van der Waals surface area (Å²) in [5.41, 5.74) is 0. The van der Waals surface area contributed by atoms with E-state index >= 15 is 0 Å². The van der Waals surface area contributed by atoms with Crippen LogP contribution in [-0.2, 0) is 9.59 Å². The van der Waals surface area contributed by atoms with E-state index in [1.807, 2.05) is 0 Å². The normalized spacial score (nSPS) is 12.2. The first kappa shape index (κ1) is 50.1. The zero-order chi connectivity index (χ0) is 38.3. The Kier molecular flexibility index (Phi) is 37.3. The maximum atomic E-state index is 12.1. The maximum Gasteiger partial charge on any atom is 0.219 e. The first-order chi connectivity index (χ1) is 25.2. The van der Waals surface area contributed by atoms with Crippen molar-refractivity contribution in [3.05, 3.63) is 0 Å². The van der Waals surface area contributed by atoms with E-state index in [9.17, 15) is 9.59 Å². The summed E-state index contributed by atoms with van der Waals surface area (Å²) in [6, 6.07) is 0. The van der Waals surface area contributed by atoms with Gasteiger partial charge < -0.3 is 10.6 Å². The highest BCUT2D eigenvalue weighted by Crippen LogP contribution is 2.17. The van der Waals surface area contributed by atoms with Crippen LogP contribution in [0, 0.1) is 47.4 Å². The van der Waals surface area contributed by atoms with Crippen LogP contribution in [0.1, 0.15) is 234 Å². The molecule has 0 aliphatic heterocycles. The first-order valence-electron chi connectivity index (χ1n) is 22.7. The lowest BCUT2D eigenvalue weighted by molar-refractivity contribution is -0.122. The third-order valence-corrected chi connectivity index (χ3v) is 10.5. The second-order valence-corrected chi connectivity index (χ2v) is 17.1. The van der Waals surface area contributed by atoms with Gasteiger partial charge in [0.05, 0.1) is 0 Å². The number of hydrogen-bond donors (Lipinski definition) is 2. The van der Waals surface area contributed by atoms with Crippen molar-refractivity contribution in [2.45, 2.75) is 234 Å². The number of carbonyl (C=O) groups excluding carboxylic acids is 2. The second-order valence-electron chi connectivity index (χ2n) is 17.1. The van der Waals surface area contributed by atoms with E-state index < -0.39 is 0 Å². The van der Waals surface area contributed by atoms with Gasteiger partial charge in [-0.05, 0) is 74.0 Å². The highest BCUT2D eigenvalue weighted by atomic mass is 16.2. The number of hydrogen-bond acceptors (Lipinski definition) is 2. The van der Waals surface area contributed by atoms with Crippen LogP contribution in [0.5, 0.6) is 0 Å². The van der Waals surface area contributed by atoms with Crippen molar-refractivity contribution in [2.75, 3.05) is 13.1 Å². The van der Waals surface area contributed by atoms with Crippen LogP contribution in [0.2, 0.25) is 0 Å².